The maximum Gasteiger partial charge on any atom is 0.231 e. The average molecular weight is 375 g/mol. The number of amides is 1. The molecule has 6 heteroatoms. The first-order valence-corrected chi connectivity index (χ1v) is 10.0. The van der Waals surface area contributed by atoms with Crippen LogP contribution >= 0.6 is 11.3 Å². The van der Waals surface area contributed by atoms with Gasteiger partial charge in [-0.2, -0.15) is 0 Å². The highest BCUT2D eigenvalue weighted by atomic mass is 32.1. The van der Waals surface area contributed by atoms with E-state index < -0.39 is 0 Å². The molecule has 1 aliphatic carbocycles. The fourth-order valence-electron chi connectivity index (χ4n) is 3.48. The van der Waals surface area contributed by atoms with Crippen LogP contribution in [-0.2, 0) is 4.79 Å². The molecule has 26 heavy (non-hydrogen) atoms. The maximum absolute atomic E-state index is 12.9. The molecule has 0 saturated heterocycles. The van der Waals surface area contributed by atoms with Crippen molar-refractivity contribution in [1.82, 2.24) is 4.98 Å². The molecule has 3 rings (SSSR count). The summed E-state index contributed by atoms with van der Waals surface area (Å²) >= 11 is 1.50. The molecule has 0 N–H and O–H groups in total. The Morgan fingerprint density at radius 3 is 2.65 bits per heavy atom. The first kappa shape index (κ1) is 18.7. The summed E-state index contributed by atoms with van der Waals surface area (Å²) in [4.78, 5) is 19.5. The van der Waals surface area contributed by atoms with Crippen molar-refractivity contribution in [3.63, 3.8) is 0 Å². The number of benzene rings is 1. The lowest BCUT2D eigenvalue weighted by Gasteiger charge is -2.26. The Morgan fingerprint density at radius 1 is 1.23 bits per heavy atom. The fourth-order valence-corrected chi connectivity index (χ4v) is 4.38. The molecule has 1 saturated carbocycles. The van der Waals surface area contributed by atoms with Gasteiger partial charge in [0.15, 0.2) is 5.13 Å². The van der Waals surface area contributed by atoms with E-state index in [0.29, 0.717) is 6.54 Å². The number of carbonyl (C=O) groups excluding carboxylic acids is 1. The van der Waals surface area contributed by atoms with Crippen LogP contribution in [0.1, 0.15) is 39.0 Å². The Labute approximate surface area is 159 Å². The van der Waals surface area contributed by atoms with E-state index in [1.165, 1.54) is 17.8 Å². The molecule has 0 radical (unpaired) electrons. The van der Waals surface area contributed by atoms with E-state index in [0.717, 1.165) is 53.6 Å². The molecule has 1 aliphatic rings. The third-order valence-corrected chi connectivity index (χ3v) is 5.81. The van der Waals surface area contributed by atoms with Crippen molar-refractivity contribution in [2.45, 2.75) is 39.0 Å². The summed E-state index contributed by atoms with van der Waals surface area (Å²) < 4.78 is 10.8. The standard InChI is InChI=1S/C20H26N2O3S/c1-4-22(19(23)14-8-6-5-7-9-14)20-21-17(13-26-20)16-12-15(24-2)10-11-18(16)25-3/h10-14H,4-9H2,1-3H3. The van der Waals surface area contributed by atoms with Gasteiger partial charge in [-0.05, 0) is 38.0 Å². The minimum absolute atomic E-state index is 0.141. The number of anilines is 1. The summed E-state index contributed by atoms with van der Waals surface area (Å²) in [5.74, 6) is 1.85. The molecular formula is C20H26N2O3S. The SMILES string of the molecule is CCN(C(=O)C1CCCCC1)c1nc(-c2cc(OC)ccc2OC)cs1. The van der Waals surface area contributed by atoms with Gasteiger partial charge in [0.1, 0.15) is 11.5 Å². The highest BCUT2D eigenvalue weighted by molar-refractivity contribution is 7.14. The minimum atomic E-state index is 0.141. The molecule has 5 nitrogen and oxygen atoms in total. The van der Waals surface area contributed by atoms with Gasteiger partial charge in [0.05, 0.1) is 19.9 Å². The van der Waals surface area contributed by atoms with Crippen LogP contribution in [0.2, 0.25) is 0 Å². The Morgan fingerprint density at radius 2 is 2.00 bits per heavy atom. The van der Waals surface area contributed by atoms with E-state index in [4.69, 9.17) is 14.5 Å². The molecular weight excluding hydrogens is 348 g/mol. The van der Waals surface area contributed by atoms with Crippen molar-refractivity contribution < 1.29 is 14.3 Å². The minimum Gasteiger partial charge on any atom is -0.497 e. The average Bonchev–Trinajstić information content (AvgIpc) is 3.18. The Kier molecular flexibility index (Phi) is 6.14. The van der Waals surface area contributed by atoms with Crippen LogP contribution in [-0.4, -0.2) is 31.7 Å². The van der Waals surface area contributed by atoms with Crippen molar-refractivity contribution in [2.24, 2.45) is 5.92 Å². The van der Waals surface area contributed by atoms with Gasteiger partial charge in [-0.3, -0.25) is 9.69 Å². The third kappa shape index (κ3) is 3.85. The summed E-state index contributed by atoms with van der Waals surface area (Å²) in [6, 6.07) is 5.65. The summed E-state index contributed by atoms with van der Waals surface area (Å²) in [6.07, 6.45) is 5.54. The van der Waals surface area contributed by atoms with Gasteiger partial charge >= 0.3 is 0 Å². The van der Waals surface area contributed by atoms with E-state index in [1.54, 1.807) is 14.2 Å². The zero-order chi connectivity index (χ0) is 18.5. The number of methoxy groups -OCH3 is 2. The predicted octanol–water partition coefficient (Wildman–Crippen LogP) is 4.76. The Hall–Kier alpha value is -2.08. The number of rotatable bonds is 6. The van der Waals surface area contributed by atoms with E-state index in [2.05, 4.69) is 0 Å². The van der Waals surface area contributed by atoms with E-state index >= 15 is 0 Å². The number of aromatic nitrogens is 1. The lowest BCUT2D eigenvalue weighted by molar-refractivity contribution is -0.123. The summed E-state index contributed by atoms with van der Waals surface area (Å²) in [7, 11) is 3.28. The molecule has 1 amide bonds. The number of thiazole rings is 1. The lowest BCUT2D eigenvalue weighted by atomic mass is 9.88. The van der Waals surface area contributed by atoms with E-state index in [1.807, 2.05) is 35.4 Å². The van der Waals surface area contributed by atoms with Crippen LogP contribution in [0.15, 0.2) is 23.6 Å². The molecule has 1 aromatic heterocycles. The smallest absolute Gasteiger partial charge is 0.231 e. The molecule has 0 bridgehead atoms. The summed E-state index contributed by atoms with van der Waals surface area (Å²) in [6.45, 7) is 2.64. The largest absolute Gasteiger partial charge is 0.497 e. The van der Waals surface area contributed by atoms with Crippen LogP contribution < -0.4 is 14.4 Å². The van der Waals surface area contributed by atoms with Crippen LogP contribution in [0.25, 0.3) is 11.3 Å². The Balaban J connectivity index is 1.87. The molecule has 0 spiro atoms. The third-order valence-electron chi connectivity index (χ3n) is 4.94. The quantitative estimate of drug-likeness (QED) is 0.731. The van der Waals surface area contributed by atoms with Gasteiger partial charge in [-0.15, -0.1) is 11.3 Å². The maximum atomic E-state index is 12.9. The van der Waals surface area contributed by atoms with Gasteiger partial charge in [0, 0.05) is 23.4 Å². The molecule has 1 heterocycles. The highest BCUT2D eigenvalue weighted by Gasteiger charge is 2.27. The highest BCUT2D eigenvalue weighted by Crippen LogP contribution is 2.36. The molecule has 1 fully saturated rings. The predicted molar refractivity (Wildman–Crippen MR) is 105 cm³/mol. The number of hydrogen-bond donors (Lipinski definition) is 0. The normalized spacial score (nSPS) is 14.9. The molecule has 0 aliphatic heterocycles. The van der Waals surface area contributed by atoms with Crippen LogP contribution in [0, 0.1) is 5.92 Å². The van der Waals surface area contributed by atoms with Crippen molar-refractivity contribution in [1.29, 1.82) is 0 Å². The van der Waals surface area contributed by atoms with Gasteiger partial charge < -0.3 is 9.47 Å². The number of hydrogen-bond acceptors (Lipinski definition) is 5. The molecule has 0 unspecified atom stereocenters. The van der Waals surface area contributed by atoms with Crippen LogP contribution in [0.4, 0.5) is 5.13 Å². The van der Waals surface area contributed by atoms with Crippen molar-refractivity contribution in [3.05, 3.63) is 23.6 Å². The second-order valence-electron chi connectivity index (χ2n) is 6.50. The molecule has 2 aromatic rings. The Bertz CT molecular complexity index is 753. The lowest BCUT2D eigenvalue weighted by Crippen LogP contribution is -2.36. The monoisotopic (exact) mass is 374 g/mol. The van der Waals surface area contributed by atoms with E-state index in [9.17, 15) is 4.79 Å². The van der Waals surface area contributed by atoms with Gasteiger partial charge in [-0.1, -0.05) is 19.3 Å². The van der Waals surface area contributed by atoms with Crippen LogP contribution in [0.5, 0.6) is 11.5 Å². The fraction of sp³-hybridized carbons (Fsp3) is 0.500. The zero-order valence-corrected chi connectivity index (χ0v) is 16.5. The van der Waals surface area contributed by atoms with Gasteiger partial charge in [0.25, 0.3) is 0 Å². The summed E-state index contributed by atoms with van der Waals surface area (Å²) in [5.41, 5.74) is 1.67. The number of ether oxygens (including phenoxy) is 2. The number of nitrogens with zero attached hydrogens (tertiary/aromatic N) is 2. The second-order valence-corrected chi connectivity index (χ2v) is 7.34. The van der Waals surface area contributed by atoms with Crippen molar-refractivity contribution in [2.75, 3.05) is 25.7 Å². The first-order chi connectivity index (χ1) is 12.7. The molecule has 0 atom stereocenters. The summed E-state index contributed by atoms with van der Waals surface area (Å²) in [5, 5.41) is 2.73. The van der Waals surface area contributed by atoms with Crippen LogP contribution in [0.3, 0.4) is 0 Å². The van der Waals surface area contributed by atoms with Crippen molar-refractivity contribution in [3.8, 4) is 22.8 Å². The first-order valence-electron chi connectivity index (χ1n) is 9.17. The number of carbonyl (C=O) groups is 1. The molecule has 1 aromatic carbocycles. The van der Waals surface area contributed by atoms with Crippen molar-refractivity contribution >= 4 is 22.4 Å². The van der Waals surface area contributed by atoms with E-state index in [-0.39, 0.29) is 11.8 Å². The second kappa shape index (κ2) is 8.54. The molecule has 140 valence electrons. The zero-order valence-electron chi connectivity index (χ0n) is 15.7. The van der Waals surface area contributed by atoms with Gasteiger partial charge in [0.2, 0.25) is 5.91 Å². The van der Waals surface area contributed by atoms with Gasteiger partial charge in [-0.25, -0.2) is 4.98 Å². The topological polar surface area (TPSA) is 51.7 Å².